The molecule has 0 saturated heterocycles. The Balaban J connectivity index is 1.95. The lowest BCUT2D eigenvalue weighted by atomic mass is 10.3. The normalized spacial score (nSPS) is 11.7. The van der Waals surface area contributed by atoms with Crippen LogP contribution >= 0.6 is 35.1 Å². The molecule has 0 atom stereocenters. The number of hydrogen-bond donors (Lipinski definition) is 1. The fourth-order valence-electron chi connectivity index (χ4n) is 1.89. The molecule has 0 saturated carbocycles. The molecule has 1 amide bonds. The fourth-order valence-corrected chi connectivity index (χ4v) is 4.07. The van der Waals surface area contributed by atoms with E-state index in [1.165, 1.54) is 44.1 Å². The lowest BCUT2D eigenvalue weighted by Crippen LogP contribution is -2.22. The smallest absolute Gasteiger partial charge is 0.276 e. The number of nitrogens with one attached hydrogen (secondary N) is 1. The number of sulfonamides is 1. The second-order valence-corrected chi connectivity index (χ2v) is 9.94. The van der Waals surface area contributed by atoms with Gasteiger partial charge in [-0.15, -0.1) is 10.2 Å². The molecule has 0 spiro atoms. The number of carbonyl (C=O) groups is 1. The SMILES string of the molecule is CSCc1nnc(SCCC(=O)Nc2cc(S(=O)(=O)N(C)C)ccc2Cl)o1. The number of nitrogens with zero attached hydrogens (tertiary/aromatic N) is 3. The Labute approximate surface area is 171 Å². The number of hydrogen-bond acceptors (Lipinski definition) is 8. The summed E-state index contributed by atoms with van der Waals surface area (Å²) < 4.78 is 30.9. The average molecular weight is 451 g/mol. The molecule has 0 aliphatic heterocycles. The van der Waals surface area contributed by atoms with Gasteiger partial charge in [-0.25, -0.2) is 12.7 Å². The maximum atomic E-state index is 12.2. The van der Waals surface area contributed by atoms with Gasteiger partial charge < -0.3 is 9.73 Å². The van der Waals surface area contributed by atoms with E-state index in [0.717, 1.165) is 4.31 Å². The minimum Gasteiger partial charge on any atom is -0.415 e. The van der Waals surface area contributed by atoms with E-state index >= 15 is 0 Å². The van der Waals surface area contributed by atoms with Crippen LogP contribution in [0.5, 0.6) is 0 Å². The highest BCUT2D eigenvalue weighted by molar-refractivity contribution is 7.99. The molecule has 2 rings (SSSR count). The van der Waals surface area contributed by atoms with Gasteiger partial charge in [-0.2, -0.15) is 11.8 Å². The zero-order chi connectivity index (χ0) is 20.0. The first-order valence-corrected chi connectivity index (χ1v) is 11.9. The van der Waals surface area contributed by atoms with Crippen molar-refractivity contribution < 1.29 is 17.6 Å². The molecule has 1 heterocycles. The summed E-state index contributed by atoms with van der Waals surface area (Å²) >= 11 is 8.92. The first-order chi connectivity index (χ1) is 12.7. The Morgan fingerprint density at radius 2 is 2.07 bits per heavy atom. The van der Waals surface area contributed by atoms with E-state index in [2.05, 4.69) is 15.5 Å². The number of aromatic nitrogens is 2. The van der Waals surface area contributed by atoms with E-state index in [1.807, 2.05) is 6.26 Å². The fraction of sp³-hybridized carbons (Fsp3) is 0.400. The largest absolute Gasteiger partial charge is 0.415 e. The molecule has 1 N–H and O–H groups in total. The molecule has 8 nitrogen and oxygen atoms in total. The van der Waals surface area contributed by atoms with Gasteiger partial charge in [0.25, 0.3) is 5.22 Å². The molecule has 27 heavy (non-hydrogen) atoms. The summed E-state index contributed by atoms with van der Waals surface area (Å²) in [7, 11) is -0.753. The van der Waals surface area contributed by atoms with Gasteiger partial charge in [-0.1, -0.05) is 23.4 Å². The molecule has 2 aromatic rings. The van der Waals surface area contributed by atoms with Crippen LogP contribution in [0.15, 0.2) is 32.7 Å². The number of thioether (sulfide) groups is 2. The number of amides is 1. The van der Waals surface area contributed by atoms with Crippen LogP contribution in [-0.4, -0.2) is 54.9 Å². The molecule has 1 aromatic carbocycles. The zero-order valence-electron chi connectivity index (χ0n) is 14.9. The van der Waals surface area contributed by atoms with E-state index in [4.69, 9.17) is 16.0 Å². The summed E-state index contributed by atoms with van der Waals surface area (Å²) in [5, 5.41) is 11.1. The molecule has 148 valence electrons. The maximum absolute atomic E-state index is 12.2. The third-order valence-electron chi connectivity index (χ3n) is 3.26. The van der Waals surface area contributed by atoms with Gasteiger partial charge in [0.05, 0.1) is 21.4 Å². The minimum absolute atomic E-state index is 0.0498. The van der Waals surface area contributed by atoms with Gasteiger partial charge in [-0.05, 0) is 24.5 Å². The van der Waals surface area contributed by atoms with Crippen molar-refractivity contribution in [3.8, 4) is 0 Å². The van der Waals surface area contributed by atoms with E-state index in [9.17, 15) is 13.2 Å². The Morgan fingerprint density at radius 3 is 2.74 bits per heavy atom. The molecule has 12 heteroatoms. The van der Waals surface area contributed by atoms with Crippen LogP contribution in [0.25, 0.3) is 0 Å². The Kier molecular flexibility index (Phi) is 7.98. The summed E-state index contributed by atoms with van der Waals surface area (Å²) in [6.07, 6.45) is 2.11. The second-order valence-electron chi connectivity index (χ2n) is 5.47. The summed E-state index contributed by atoms with van der Waals surface area (Å²) in [6.45, 7) is 0. The van der Waals surface area contributed by atoms with Crippen molar-refractivity contribution >= 4 is 56.7 Å². The molecular formula is C15H19ClN4O4S3. The Hall–Kier alpha value is -1.27. The van der Waals surface area contributed by atoms with Crippen molar-refractivity contribution in [2.45, 2.75) is 22.3 Å². The van der Waals surface area contributed by atoms with E-state index in [-0.39, 0.29) is 27.9 Å². The highest BCUT2D eigenvalue weighted by atomic mass is 35.5. The van der Waals surface area contributed by atoms with Crippen molar-refractivity contribution in [2.75, 3.05) is 31.4 Å². The van der Waals surface area contributed by atoms with Gasteiger partial charge in [0.15, 0.2) is 0 Å². The van der Waals surface area contributed by atoms with Crippen LogP contribution in [0.4, 0.5) is 5.69 Å². The average Bonchev–Trinajstić information content (AvgIpc) is 3.04. The van der Waals surface area contributed by atoms with Crippen molar-refractivity contribution in [3.05, 3.63) is 29.1 Å². The Bertz CT molecular complexity index is 902. The van der Waals surface area contributed by atoms with Crippen LogP contribution in [0, 0.1) is 0 Å². The van der Waals surface area contributed by atoms with Crippen LogP contribution in [0.1, 0.15) is 12.3 Å². The van der Waals surface area contributed by atoms with Gasteiger partial charge in [-0.3, -0.25) is 4.79 Å². The molecule has 1 aromatic heterocycles. The highest BCUT2D eigenvalue weighted by Gasteiger charge is 2.19. The lowest BCUT2D eigenvalue weighted by molar-refractivity contribution is -0.115. The third kappa shape index (κ3) is 6.11. The quantitative estimate of drug-likeness (QED) is 0.581. The van der Waals surface area contributed by atoms with Crippen molar-refractivity contribution in [3.63, 3.8) is 0 Å². The standard InChI is InChI=1S/C15H19ClN4O4S3/c1-20(2)27(22,23)10-4-5-11(16)12(8-10)17-13(21)6-7-26-15-19-18-14(24-15)9-25-3/h4-5,8H,6-7,9H2,1-3H3,(H,17,21). The van der Waals surface area contributed by atoms with E-state index in [0.29, 0.717) is 22.6 Å². The topological polar surface area (TPSA) is 105 Å². The predicted molar refractivity (Wildman–Crippen MR) is 108 cm³/mol. The molecular weight excluding hydrogens is 432 g/mol. The molecule has 0 unspecified atom stereocenters. The number of benzene rings is 1. The third-order valence-corrected chi connectivity index (χ3v) is 6.76. The van der Waals surface area contributed by atoms with Crippen LogP contribution in [0.2, 0.25) is 5.02 Å². The van der Waals surface area contributed by atoms with Gasteiger partial charge in [0.1, 0.15) is 0 Å². The maximum Gasteiger partial charge on any atom is 0.276 e. The summed E-state index contributed by atoms with van der Waals surface area (Å²) in [5.74, 6) is 1.31. The predicted octanol–water partition coefficient (Wildman–Crippen LogP) is 2.96. The summed E-state index contributed by atoms with van der Waals surface area (Å²) in [6, 6.07) is 4.17. The van der Waals surface area contributed by atoms with Crippen molar-refractivity contribution in [2.24, 2.45) is 0 Å². The summed E-state index contributed by atoms with van der Waals surface area (Å²) in [5.41, 5.74) is 0.245. The molecule has 0 aliphatic rings. The van der Waals surface area contributed by atoms with Crippen LogP contribution in [0.3, 0.4) is 0 Å². The van der Waals surface area contributed by atoms with E-state index in [1.54, 1.807) is 11.8 Å². The highest BCUT2D eigenvalue weighted by Crippen LogP contribution is 2.27. The zero-order valence-corrected chi connectivity index (χ0v) is 18.1. The first-order valence-electron chi connectivity index (χ1n) is 7.70. The van der Waals surface area contributed by atoms with Gasteiger partial charge >= 0.3 is 0 Å². The lowest BCUT2D eigenvalue weighted by Gasteiger charge is -2.13. The van der Waals surface area contributed by atoms with Crippen molar-refractivity contribution in [1.29, 1.82) is 0 Å². The van der Waals surface area contributed by atoms with E-state index < -0.39 is 10.0 Å². The van der Waals surface area contributed by atoms with Gasteiger partial charge in [0.2, 0.25) is 21.8 Å². The molecule has 0 fully saturated rings. The van der Waals surface area contributed by atoms with Crippen molar-refractivity contribution in [1.82, 2.24) is 14.5 Å². The number of carbonyl (C=O) groups excluding carboxylic acids is 1. The molecule has 0 radical (unpaired) electrons. The monoisotopic (exact) mass is 450 g/mol. The van der Waals surface area contributed by atoms with Crippen LogP contribution < -0.4 is 5.32 Å². The minimum atomic E-state index is -3.62. The number of halogens is 1. The molecule has 0 bridgehead atoms. The Morgan fingerprint density at radius 1 is 1.33 bits per heavy atom. The molecule has 0 aliphatic carbocycles. The number of anilines is 1. The second kappa shape index (κ2) is 9.78. The summed E-state index contributed by atoms with van der Waals surface area (Å²) in [4.78, 5) is 12.2. The number of rotatable bonds is 9. The van der Waals surface area contributed by atoms with Crippen LogP contribution in [-0.2, 0) is 20.6 Å². The first kappa shape index (κ1) is 22.0. The van der Waals surface area contributed by atoms with Gasteiger partial charge in [0, 0.05) is 26.3 Å².